The van der Waals surface area contributed by atoms with Crippen LogP contribution in [-0.2, 0) is 6.54 Å². The zero-order valence-corrected chi connectivity index (χ0v) is 9.86. The van der Waals surface area contributed by atoms with Crippen molar-refractivity contribution in [3.05, 3.63) is 39.6 Å². The zero-order chi connectivity index (χ0) is 12.4. The summed E-state index contributed by atoms with van der Waals surface area (Å²) in [7, 11) is 0. The van der Waals surface area contributed by atoms with E-state index in [4.69, 9.17) is 10.4 Å². The van der Waals surface area contributed by atoms with E-state index in [0.717, 1.165) is 10.4 Å². The normalized spacial score (nSPS) is 10.1. The maximum absolute atomic E-state index is 10.8. The van der Waals surface area contributed by atoms with Crippen LogP contribution < -0.4 is 0 Å². The minimum atomic E-state index is -0.921. The number of rotatable bonds is 3. The fraction of sp³-hybridized carbons (Fsp3) is 0.182. The number of carbonyl (C=O) groups is 1. The van der Waals surface area contributed by atoms with Gasteiger partial charge in [0.15, 0.2) is 0 Å². The van der Waals surface area contributed by atoms with Gasteiger partial charge in [0, 0.05) is 17.3 Å². The van der Waals surface area contributed by atoms with Gasteiger partial charge in [-0.05, 0) is 18.6 Å². The smallest absolute Gasteiger partial charge is 0.345 e. The average molecular weight is 247 g/mol. The number of aromatic carboxylic acids is 1. The molecule has 6 heteroatoms. The van der Waals surface area contributed by atoms with Crippen LogP contribution in [0.2, 0.25) is 0 Å². The summed E-state index contributed by atoms with van der Waals surface area (Å²) >= 11 is 1.24. The van der Waals surface area contributed by atoms with Crippen LogP contribution in [0.25, 0.3) is 0 Å². The Kier molecular flexibility index (Phi) is 2.93. The van der Waals surface area contributed by atoms with Crippen molar-refractivity contribution >= 4 is 17.3 Å². The number of nitriles is 1. The summed E-state index contributed by atoms with van der Waals surface area (Å²) in [4.78, 5) is 16.0. The lowest BCUT2D eigenvalue weighted by Gasteiger charge is -2.02. The quantitative estimate of drug-likeness (QED) is 0.898. The van der Waals surface area contributed by atoms with Gasteiger partial charge in [0.1, 0.15) is 10.9 Å². The average Bonchev–Trinajstić information content (AvgIpc) is 2.87. The largest absolute Gasteiger partial charge is 0.477 e. The van der Waals surface area contributed by atoms with Crippen LogP contribution in [0.1, 0.15) is 25.9 Å². The second-order valence-corrected chi connectivity index (χ2v) is 4.74. The maximum atomic E-state index is 10.8. The minimum Gasteiger partial charge on any atom is -0.477 e. The third-order valence-corrected chi connectivity index (χ3v) is 3.47. The van der Waals surface area contributed by atoms with Crippen molar-refractivity contribution in [2.24, 2.45) is 0 Å². The molecule has 5 nitrogen and oxygen atoms in total. The van der Waals surface area contributed by atoms with Gasteiger partial charge >= 0.3 is 5.97 Å². The van der Waals surface area contributed by atoms with Gasteiger partial charge < -0.3 is 9.67 Å². The first-order chi connectivity index (χ1) is 8.11. The fourth-order valence-electron chi connectivity index (χ4n) is 1.52. The summed E-state index contributed by atoms with van der Waals surface area (Å²) in [5.74, 6) is -0.594. The molecule has 0 spiro atoms. The molecule has 1 N–H and O–H groups in total. The van der Waals surface area contributed by atoms with Gasteiger partial charge in [-0.15, -0.1) is 11.3 Å². The van der Waals surface area contributed by atoms with E-state index in [-0.39, 0.29) is 0 Å². The molecule has 0 fully saturated rings. The standard InChI is InChI=1S/C11H9N3O2S/c1-7-8(4-9(17-7)11(15)16)6-14-3-2-13-10(14)5-12/h2-4H,6H2,1H3,(H,15,16). The van der Waals surface area contributed by atoms with E-state index < -0.39 is 5.97 Å². The van der Waals surface area contributed by atoms with Crippen molar-refractivity contribution < 1.29 is 9.90 Å². The van der Waals surface area contributed by atoms with Gasteiger partial charge in [0.25, 0.3) is 0 Å². The number of aryl methyl sites for hydroxylation is 1. The van der Waals surface area contributed by atoms with E-state index in [1.54, 1.807) is 23.0 Å². The first-order valence-corrected chi connectivity index (χ1v) is 5.67. The van der Waals surface area contributed by atoms with Crippen molar-refractivity contribution in [1.82, 2.24) is 9.55 Å². The molecule has 0 saturated heterocycles. The van der Waals surface area contributed by atoms with Crippen LogP contribution in [-0.4, -0.2) is 20.6 Å². The van der Waals surface area contributed by atoms with Crippen molar-refractivity contribution in [3.63, 3.8) is 0 Å². The van der Waals surface area contributed by atoms with Crippen LogP contribution >= 0.6 is 11.3 Å². The molecule has 0 radical (unpaired) electrons. The number of carboxylic acid groups (broad SMARTS) is 1. The van der Waals surface area contributed by atoms with Gasteiger partial charge in [-0.3, -0.25) is 0 Å². The zero-order valence-electron chi connectivity index (χ0n) is 9.04. The predicted octanol–water partition coefficient (Wildman–Crippen LogP) is 1.87. The predicted molar refractivity (Wildman–Crippen MR) is 62.1 cm³/mol. The van der Waals surface area contributed by atoms with Crippen molar-refractivity contribution in [3.8, 4) is 6.07 Å². The maximum Gasteiger partial charge on any atom is 0.345 e. The second-order valence-electron chi connectivity index (χ2n) is 3.49. The number of hydrogen-bond acceptors (Lipinski definition) is 4. The van der Waals surface area contributed by atoms with Crippen molar-refractivity contribution in [1.29, 1.82) is 5.26 Å². The highest BCUT2D eigenvalue weighted by Gasteiger charge is 2.12. The van der Waals surface area contributed by atoms with Crippen molar-refractivity contribution in [2.45, 2.75) is 13.5 Å². The van der Waals surface area contributed by atoms with E-state index in [0.29, 0.717) is 17.2 Å². The Morgan fingerprint density at radius 3 is 3.06 bits per heavy atom. The molecular weight excluding hydrogens is 238 g/mol. The van der Waals surface area contributed by atoms with E-state index >= 15 is 0 Å². The summed E-state index contributed by atoms with van der Waals surface area (Å²) in [5.41, 5.74) is 0.905. The van der Waals surface area contributed by atoms with Crippen molar-refractivity contribution in [2.75, 3.05) is 0 Å². The molecular formula is C11H9N3O2S. The third kappa shape index (κ3) is 2.19. The highest BCUT2D eigenvalue weighted by atomic mass is 32.1. The number of nitrogens with zero attached hydrogens (tertiary/aromatic N) is 3. The molecule has 0 bridgehead atoms. The summed E-state index contributed by atoms with van der Waals surface area (Å²) in [5, 5.41) is 17.7. The SMILES string of the molecule is Cc1sc(C(=O)O)cc1Cn1ccnc1C#N. The Morgan fingerprint density at radius 1 is 1.71 bits per heavy atom. The molecule has 0 aliphatic heterocycles. The number of hydrogen-bond donors (Lipinski definition) is 1. The monoisotopic (exact) mass is 247 g/mol. The summed E-state index contributed by atoms with van der Waals surface area (Å²) in [6.45, 7) is 2.34. The fourth-order valence-corrected chi connectivity index (χ4v) is 2.39. The molecule has 0 atom stereocenters. The van der Waals surface area contributed by atoms with E-state index in [1.807, 2.05) is 13.0 Å². The molecule has 0 amide bonds. The Hall–Kier alpha value is -2.13. The van der Waals surface area contributed by atoms with E-state index in [1.165, 1.54) is 11.3 Å². The lowest BCUT2D eigenvalue weighted by molar-refractivity contribution is 0.0702. The molecule has 0 unspecified atom stereocenters. The van der Waals surface area contributed by atoms with Gasteiger partial charge in [-0.2, -0.15) is 5.26 Å². The lowest BCUT2D eigenvalue weighted by atomic mass is 10.2. The Morgan fingerprint density at radius 2 is 2.47 bits per heavy atom. The highest BCUT2D eigenvalue weighted by Crippen LogP contribution is 2.22. The topological polar surface area (TPSA) is 78.9 Å². The first kappa shape index (κ1) is 11.4. The second kappa shape index (κ2) is 4.39. The molecule has 2 heterocycles. The molecule has 17 heavy (non-hydrogen) atoms. The Balaban J connectivity index is 2.31. The number of imidazole rings is 1. The molecule has 0 saturated carbocycles. The summed E-state index contributed by atoms with van der Waals surface area (Å²) < 4.78 is 1.70. The van der Waals surface area contributed by atoms with Gasteiger partial charge in [0.05, 0.1) is 6.54 Å². The number of carboxylic acids is 1. The number of thiophene rings is 1. The van der Waals surface area contributed by atoms with Gasteiger partial charge in [0.2, 0.25) is 5.82 Å². The molecule has 2 aromatic rings. The highest BCUT2D eigenvalue weighted by molar-refractivity contribution is 7.14. The third-order valence-electron chi connectivity index (χ3n) is 2.39. The van der Waals surface area contributed by atoms with E-state index in [2.05, 4.69) is 4.98 Å². The summed E-state index contributed by atoms with van der Waals surface area (Å²) in [6, 6.07) is 3.63. The molecule has 0 aromatic carbocycles. The molecule has 2 rings (SSSR count). The van der Waals surface area contributed by atoms with Crippen LogP contribution in [0.5, 0.6) is 0 Å². The van der Waals surface area contributed by atoms with Gasteiger partial charge in [-0.25, -0.2) is 9.78 Å². The Labute approximate surface area is 102 Å². The first-order valence-electron chi connectivity index (χ1n) is 4.85. The lowest BCUT2D eigenvalue weighted by Crippen LogP contribution is -2.01. The molecule has 2 aromatic heterocycles. The van der Waals surface area contributed by atoms with Gasteiger partial charge in [-0.1, -0.05) is 0 Å². The molecule has 0 aliphatic carbocycles. The van der Waals surface area contributed by atoms with Crippen LogP contribution in [0.15, 0.2) is 18.5 Å². The molecule has 0 aliphatic rings. The van der Waals surface area contributed by atoms with Crippen LogP contribution in [0, 0.1) is 18.3 Å². The summed E-state index contributed by atoms with van der Waals surface area (Å²) in [6.07, 6.45) is 3.26. The molecule has 86 valence electrons. The van der Waals surface area contributed by atoms with Crippen LogP contribution in [0.4, 0.5) is 0 Å². The van der Waals surface area contributed by atoms with E-state index in [9.17, 15) is 4.79 Å². The minimum absolute atomic E-state index is 0.316. The number of aromatic nitrogens is 2. The van der Waals surface area contributed by atoms with Crippen LogP contribution in [0.3, 0.4) is 0 Å². The Bertz CT molecular complexity index is 607.